The van der Waals surface area contributed by atoms with Crippen LogP contribution in [0.4, 0.5) is 0 Å². The number of aromatic nitrogens is 2. The number of phenols is 2. The Labute approximate surface area is 154 Å². The molecule has 0 spiro atoms. The number of benzene rings is 1. The van der Waals surface area contributed by atoms with Crippen LogP contribution in [-0.2, 0) is 17.8 Å². The molecule has 1 aromatic heterocycles. The van der Waals surface area contributed by atoms with E-state index in [0.717, 1.165) is 11.3 Å². The molecule has 1 aromatic carbocycles. The first-order valence-corrected chi connectivity index (χ1v) is 8.81. The minimum Gasteiger partial charge on any atom is -0.507 e. The number of aliphatic hydroxyl groups is 1. The number of aliphatic hydroxyl groups excluding tert-OH is 1. The van der Waals surface area contributed by atoms with Crippen LogP contribution in [0.25, 0.3) is 11.3 Å². The molecule has 4 rings (SSSR count). The molecule has 0 unspecified atom stereocenters. The van der Waals surface area contributed by atoms with Crippen molar-refractivity contribution in [3.8, 4) is 22.8 Å². The van der Waals surface area contributed by atoms with Gasteiger partial charge in [-0.25, -0.2) is 0 Å². The normalized spacial score (nSPS) is 22.5. The van der Waals surface area contributed by atoms with Gasteiger partial charge in [0, 0.05) is 42.4 Å². The Morgan fingerprint density at radius 2 is 2.12 bits per heavy atom. The summed E-state index contributed by atoms with van der Waals surface area (Å²) in [6, 6.07) is 2.04. The first-order valence-electron chi connectivity index (χ1n) is 8.44. The zero-order chi connectivity index (χ0) is 18.4. The first kappa shape index (κ1) is 17.1. The molecule has 2 atom stereocenters. The van der Waals surface area contributed by atoms with E-state index in [0.29, 0.717) is 43.7 Å². The molecule has 9 heteroatoms. The van der Waals surface area contributed by atoms with Gasteiger partial charge in [-0.15, -0.1) is 0 Å². The van der Waals surface area contributed by atoms with E-state index in [1.807, 2.05) is 0 Å². The number of nitrogens with one attached hydrogen (secondary N) is 2. The van der Waals surface area contributed by atoms with Crippen molar-refractivity contribution in [3.05, 3.63) is 28.4 Å². The summed E-state index contributed by atoms with van der Waals surface area (Å²) < 4.78 is 0. The molecule has 1 fully saturated rings. The lowest BCUT2D eigenvalue weighted by atomic mass is 9.99. The number of phenolic OH excluding ortho intramolecular Hbond substituents is 2. The molecular weight excluding hydrogens is 360 g/mol. The van der Waals surface area contributed by atoms with Gasteiger partial charge in [-0.05, 0) is 19.0 Å². The lowest BCUT2D eigenvalue weighted by molar-refractivity contribution is -0.136. The number of amides is 1. The van der Waals surface area contributed by atoms with E-state index in [4.69, 9.17) is 11.6 Å². The van der Waals surface area contributed by atoms with Crippen LogP contribution in [0.3, 0.4) is 0 Å². The van der Waals surface area contributed by atoms with Crippen LogP contribution >= 0.6 is 11.6 Å². The smallest absolute Gasteiger partial charge is 0.242 e. The Kier molecular flexibility index (Phi) is 4.26. The van der Waals surface area contributed by atoms with Gasteiger partial charge in [0.2, 0.25) is 5.91 Å². The summed E-state index contributed by atoms with van der Waals surface area (Å²) in [5, 5.41) is 40.1. The molecule has 2 aliphatic heterocycles. The summed E-state index contributed by atoms with van der Waals surface area (Å²) in [5.41, 5.74) is 2.58. The van der Waals surface area contributed by atoms with Gasteiger partial charge in [-0.1, -0.05) is 11.6 Å². The Morgan fingerprint density at radius 3 is 2.85 bits per heavy atom. The Morgan fingerprint density at radius 1 is 1.31 bits per heavy atom. The third-order valence-corrected chi connectivity index (χ3v) is 5.32. The number of halogens is 1. The van der Waals surface area contributed by atoms with Crippen LogP contribution in [0.2, 0.25) is 5.02 Å². The van der Waals surface area contributed by atoms with Gasteiger partial charge >= 0.3 is 0 Å². The molecule has 0 saturated carbocycles. The molecule has 1 amide bonds. The molecule has 0 bridgehead atoms. The second-order valence-electron chi connectivity index (χ2n) is 6.65. The SMILES string of the molecule is O=C([C@H]1NCC[C@@H]1O)N1CCc2[nH]nc(-c3cc(Cl)c(O)cc3O)c2C1. The molecule has 0 aliphatic carbocycles. The molecular formula is C17H19ClN4O4. The number of aromatic hydroxyl groups is 2. The molecule has 138 valence electrons. The number of H-pyrrole nitrogens is 1. The van der Waals surface area contributed by atoms with Gasteiger partial charge < -0.3 is 25.5 Å². The van der Waals surface area contributed by atoms with Crippen molar-refractivity contribution in [2.24, 2.45) is 0 Å². The van der Waals surface area contributed by atoms with E-state index < -0.39 is 12.1 Å². The summed E-state index contributed by atoms with van der Waals surface area (Å²) >= 11 is 5.97. The second-order valence-corrected chi connectivity index (χ2v) is 7.05. The fourth-order valence-corrected chi connectivity index (χ4v) is 3.75. The lowest BCUT2D eigenvalue weighted by Gasteiger charge is -2.30. The number of hydrogen-bond acceptors (Lipinski definition) is 6. The van der Waals surface area contributed by atoms with Gasteiger partial charge in [0.25, 0.3) is 0 Å². The highest BCUT2D eigenvalue weighted by molar-refractivity contribution is 6.32. The van der Waals surface area contributed by atoms with E-state index in [-0.39, 0.29) is 22.4 Å². The Hall–Kier alpha value is -2.29. The number of carbonyl (C=O) groups is 1. The molecule has 2 aromatic rings. The predicted octanol–water partition coefficient (Wildman–Crippen LogP) is 0.749. The van der Waals surface area contributed by atoms with E-state index in [2.05, 4.69) is 15.5 Å². The highest BCUT2D eigenvalue weighted by Gasteiger charge is 2.36. The van der Waals surface area contributed by atoms with Crippen molar-refractivity contribution < 1.29 is 20.1 Å². The third kappa shape index (κ3) is 2.80. The standard InChI is InChI=1S/C17H19ClN4O4/c18-10-5-8(13(24)6-14(10)25)15-9-7-22(4-2-11(9)20-21-15)17(26)16-12(23)1-3-19-16/h5-6,12,16,19,23-25H,1-4,7H2,(H,20,21)/t12-,16-/m0/s1. The van der Waals surface area contributed by atoms with Crippen LogP contribution in [-0.4, -0.2) is 61.6 Å². The van der Waals surface area contributed by atoms with Crippen molar-refractivity contribution in [1.82, 2.24) is 20.4 Å². The molecule has 26 heavy (non-hydrogen) atoms. The second kappa shape index (κ2) is 6.46. The third-order valence-electron chi connectivity index (χ3n) is 5.02. The van der Waals surface area contributed by atoms with Crippen molar-refractivity contribution >= 4 is 17.5 Å². The lowest BCUT2D eigenvalue weighted by Crippen LogP contribution is -2.49. The highest BCUT2D eigenvalue weighted by atomic mass is 35.5. The summed E-state index contributed by atoms with van der Waals surface area (Å²) in [6.45, 7) is 1.47. The van der Waals surface area contributed by atoms with Crippen LogP contribution in [0.1, 0.15) is 17.7 Å². The molecule has 1 saturated heterocycles. The average Bonchev–Trinajstić information content (AvgIpc) is 3.23. The topological polar surface area (TPSA) is 122 Å². The molecule has 5 N–H and O–H groups in total. The minimum absolute atomic E-state index is 0.108. The minimum atomic E-state index is -0.673. The van der Waals surface area contributed by atoms with Gasteiger partial charge in [-0.3, -0.25) is 9.89 Å². The van der Waals surface area contributed by atoms with Gasteiger partial charge in [0.1, 0.15) is 23.2 Å². The van der Waals surface area contributed by atoms with E-state index >= 15 is 0 Å². The van der Waals surface area contributed by atoms with Gasteiger partial charge in [0.15, 0.2) is 0 Å². The summed E-state index contributed by atoms with van der Waals surface area (Å²) in [5.74, 6) is -0.492. The summed E-state index contributed by atoms with van der Waals surface area (Å²) in [4.78, 5) is 14.4. The van der Waals surface area contributed by atoms with Gasteiger partial charge in [0.05, 0.1) is 11.1 Å². The number of fused-ring (bicyclic) bond motifs is 1. The van der Waals surface area contributed by atoms with E-state index in [1.54, 1.807) is 4.90 Å². The zero-order valence-electron chi connectivity index (χ0n) is 13.9. The maximum atomic E-state index is 12.7. The fraction of sp³-hybridized carbons (Fsp3) is 0.412. The molecule has 2 aliphatic rings. The average molecular weight is 379 g/mol. The summed E-state index contributed by atoms with van der Waals surface area (Å²) in [6.07, 6.45) is 0.489. The maximum Gasteiger partial charge on any atom is 0.242 e. The molecule has 8 nitrogen and oxygen atoms in total. The zero-order valence-corrected chi connectivity index (χ0v) is 14.6. The van der Waals surface area contributed by atoms with E-state index in [1.165, 1.54) is 12.1 Å². The first-order chi connectivity index (χ1) is 12.5. The van der Waals surface area contributed by atoms with Crippen molar-refractivity contribution in [1.29, 1.82) is 0 Å². The Balaban J connectivity index is 1.65. The highest BCUT2D eigenvalue weighted by Crippen LogP contribution is 2.39. The van der Waals surface area contributed by atoms with Crippen LogP contribution in [0, 0.1) is 0 Å². The fourth-order valence-electron chi connectivity index (χ4n) is 3.58. The number of aromatic amines is 1. The predicted molar refractivity (Wildman–Crippen MR) is 93.9 cm³/mol. The van der Waals surface area contributed by atoms with Crippen molar-refractivity contribution in [2.45, 2.75) is 31.5 Å². The van der Waals surface area contributed by atoms with Crippen LogP contribution < -0.4 is 5.32 Å². The van der Waals surface area contributed by atoms with Gasteiger partial charge in [-0.2, -0.15) is 5.10 Å². The molecule has 3 heterocycles. The monoisotopic (exact) mass is 378 g/mol. The van der Waals surface area contributed by atoms with Crippen LogP contribution in [0.5, 0.6) is 11.5 Å². The van der Waals surface area contributed by atoms with Crippen molar-refractivity contribution in [2.75, 3.05) is 13.1 Å². The number of carbonyl (C=O) groups excluding carboxylic acids is 1. The number of hydrogen-bond donors (Lipinski definition) is 5. The van der Waals surface area contributed by atoms with Crippen molar-refractivity contribution in [3.63, 3.8) is 0 Å². The van der Waals surface area contributed by atoms with E-state index in [9.17, 15) is 20.1 Å². The Bertz CT molecular complexity index is 869. The largest absolute Gasteiger partial charge is 0.507 e. The maximum absolute atomic E-state index is 12.7. The molecule has 0 radical (unpaired) electrons. The number of rotatable bonds is 2. The van der Waals surface area contributed by atoms with Crippen LogP contribution in [0.15, 0.2) is 12.1 Å². The summed E-state index contributed by atoms with van der Waals surface area (Å²) in [7, 11) is 0. The number of nitrogens with zero attached hydrogens (tertiary/aromatic N) is 2. The quantitative estimate of drug-likeness (QED) is 0.525.